The fourth-order valence-corrected chi connectivity index (χ4v) is 3.81. The van der Waals surface area contributed by atoms with Crippen LogP contribution in [0.15, 0.2) is 46.2 Å². The lowest BCUT2D eigenvalue weighted by Crippen LogP contribution is -2.22. The zero-order valence-electron chi connectivity index (χ0n) is 11.2. The number of hydrogen-bond acceptors (Lipinski definition) is 3. The highest BCUT2D eigenvalue weighted by atomic mass is 32.2. The highest BCUT2D eigenvalue weighted by molar-refractivity contribution is 7.96. The number of ketones is 1. The first-order valence-electron chi connectivity index (χ1n) is 6.48. The Kier molecular flexibility index (Phi) is 3.90. The third-order valence-electron chi connectivity index (χ3n) is 3.54. The molecule has 4 heteroatoms. The van der Waals surface area contributed by atoms with Crippen molar-refractivity contribution in [1.82, 2.24) is 0 Å². The molecular weight excluding hydrogens is 260 g/mol. The molecule has 0 heterocycles. The second-order valence-corrected chi connectivity index (χ2v) is 7.14. The molecule has 102 valence electrons. The number of carbonyl (C=O) groups excluding carboxylic acids is 1. The van der Waals surface area contributed by atoms with Crippen molar-refractivity contribution in [3.63, 3.8) is 0 Å². The lowest BCUT2D eigenvalue weighted by atomic mass is 9.86. The van der Waals surface area contributed by atoms with Gasteiger partial charge in [-0.2, -0.15) is 0 Å². The molecule has 2 rings (SSSR count). The van der Waals surface area contributed by atoms with Gasteiger partial charge in [0.1, 0.15) is 4.91 Å². The van der Waals surface area contributed by atoms with Crippen LogP contribution >= 0.6 is 0 Å². The normalized spacial score (nSPS) is 20.5. The van der Waals surface area contributed by atoms with Crippen LogP contribution in [-0.2, 0) is 14.6 Å². The molecule has 0 spiro atoms. The zero-order chi connectivity index (χ0) is 14.0. The minimum absolute atomic E-state index is 0.0244. The van der Waals surface area contributed by atoms with Crippen LogP contribution in [0.5, 0.6) is 0 Å². The molecular formula is C15H18O3S. The molecule has 0 saturated heterocycles. The first-order valence-corrected chi connectivity index (χ1v) is 7.96. The molecule has 0 saturated carbocycles. The summed E-state index contributed by atoms with van der Waals surface area (Å²) in [6.45, 7) is 4.09. The Morgan fingerprint density at radius 2 is 1.79 bits per heavy atom. The molecule has 1 unspecified atom stereocenters. The van der Waals surface area contributed by atoms with E-state index in [4.69, 9.17) is 0 Å². The van der Waals surface area contributed by atoms with Gasteiger partial charge in [-0.25, -0.2) is 8.42 Å². The van der Waals surface area contributed by atoms with E-state index in [1.54, 1.807) is 24.3 Å². The molecule has 1 aromatic carbocycles. The minimum atomic E-state index is -3.67. The number of rotatable bonds is 3. The number of Topliss-reactive ketones (excluding diaryl/α,β-unsaturated/α-hetero) is 1. The van der Waals surface area contributed by atoms with Gasteiger partial charge in [-0.3, -0.25) is 4.79 Å². The van der Waals surface area contributed by atoms with E-state index in [1.807, 2.05) is 13.8 Å². The summed E-state index contributed by atoms with van der Waals surface area (Å²) in [5.41, 5.74) is 0. The van der Waals surface area contributed by atoms with Gasteiger partial charge in [0.05, 0.1) is 4.90 Å². The van der Waals surface area contributed by atoms with Crippen LogP contribution in [0.25, 0.3) is 0 Å². The van der Waals surface area contributed by atoms with Crippen molar-refractivity contribution in [3.8, 4) is 0 Å². The van der Waals surface area contributed by atoms with Crippen LogP contribution in [-0.4, -0.2) is 14.2 Å². The van der Waals surface area contributed by atoms with E-state index in [-0.39, 0.29) is 21.5 Å². The predicted octanol–water partition coefficient (Wildman–Crippen LogP) is 2.98. The maximum Gasteiger partial charge on any atom is 0.209 e. The van der Waals surface area contributed by atoms with Crippen LogP contribution < -0.4 is 0 Å². The van der Waals surface area contributed by atoms with E-state index in [2.05, 4.69) is 0 Å². The fraction of sp³-hybridized carbons (Fsp3) is 0.400. The van der Waals surface area contributed by atoms with Crippen molar-refractivity contribution < 1.29 is 13.2 Å². The van der Waals surface area contributed by atoms with Crippen molar-refractivity contribution >= 4 is 15.6 Å². The second kappa shape index (κ2) is 5.29. The van der Waals surface area contributed by atoms with Gasteiger partial charge in [-0.15, -0.1) is 0 Å². The molecule has 0 N–H and O–H groups in total. The summed E-state index contributed by atoms with van der Waals surface area (Å²) in [5, 5.41) is 0. The average molecular weight is 278 g/mol. The summed E-state index contributed by atoms with van der Waals surface area (Å²) in [6, 6.07) is 8.15. The third kappa shape index (κ3) is 2.78. The number of hydrogen-bond donors (Lipinski definition) is 0. The maximum absolute atomic E-state index is 12.5. The third-order valence-corrected chi connectivity index (χ3v) is 5.38. The molecule has 0 bridgehead atoms. The van der Waals surface area contributed by atoms with Gasteiger partial charge in [-0.05, 0) is 30.4 Å². The molecule has 0 aromatic heterocycles. The van der Waals surface area contributed by atoms with Crippen LogP contribution in [0.1, 0.15) is 26.7 Å². The highest BCUT2D eigenvalue weighted by Crippen LogP contribution is 2.31. The number of allylic oxidation sites excluding steroid dienone is 2. The van der Waals surface area contributed by atoms with Gasteiger partial charge >= 0.3 is 0 Å². The Hall–Kier alpha value is -1.42. The van der Waals surface area contributed by atoms with E-state index in [1.165, 1.54) is 12.1 Å². The fourth-order valence-electron chi connectivity index (χ4n) is 2.28. The van der Waals surface area contributed by atoms with Gasteiger partial charge in [-0.1, -0.05) is 38.1 Å². The molecule has 3 nitrogen and oxygen atoms in total. The lowest BCUT2D eigenvalue weighted by molar-refractivity contribution is -0.115. The first-order chi connectivity index (χ1) is 8.93. The Balaban J connectivity index is 2.47. The van der Waals surface area contributed by atoms with Crippen molar-refractivity contribution in [1.29, 1.82) is 0 Å². The Morgan fingerprint density at radius 1 is 1.16 bits per heavy atom. The maximum atomic E-state index is 12.5. The highest BCUT2D eigenvalue weighted by Gasteiger charge is 2.31. The lowest BCUT2D eigenvalue weighted by Gasteiger charge is -2.23. The summed E-state index contributed by atoms with van der Waals surface area (Å²) in [7, 11) is -3.67. The minimum Gasteiger partial charge on any atom is -0.293 e. The molecule has 1 aromatic rings. The van der Waals surface area contributed by atoms with Crippen LogP contribution in [0.4, 0.5) is 0 Å². The van der Waals surface area contributed by atoms with Gasteiger partial charge in [0.15, 0.2) is 5.78 Å². The van der Waals surface area contributed by atoms with E-state index in [0.717, 1.165) is 6.42 Å². The van der Waals surface area contributed by atoms with Crippen molar-refractivity contribution in [2.75, 3.05) is 0 Å². The van der Waals surface area contributed by atoms with Crippen molar-refractivity contribution in [3.05, 3.63) is 41.3 Å². The van der Waals surface area contributed by atoms with E-state index < -0.39 is 9.84 Å². The molecule has 1 atom stereocenters. The molecule has 0 amide bonds. The van der Waals surface area contributed by atoms with Gasteiger partial charge in [0, 0.05) is 6.42 Å². The van der Waals surface area contributed by atoms with Crippen LogP contribution in [0, 0.1) is 11.8 Å². The SMILES string of the molecule is CC(C)C1C=C(S(=O)(=O)c2ccccc2)C(=O)CC1. The smallest absolute Gasteiger partial charge is 0.209 e. The van der Waals surface area contributed by atoms with Crippen LogP contribution in [0.3, 0.4) is 0 Å². The monoisotopic (exact) mass is 278 g/mol. The largest absolute Gasteiger partial charge is 0.293 e. The second-order valence-electron chi connectivity index (χ2n) is 5.22. The zero-order valence-corrected chi connectivity index (χ0v) is 12.0. The Morgan fingerprint density at radius 3 is 2.37 bits per heavy atom. The van der Waals surface area contributed by atoms with Gasteiger partial charge < -0.3 is 0 Å². The quantitative estimate of drug-likeness (QED) is 0.854. The first kappa shape index (κ1) is 14.0. The summed E-state index contributed by atoms with van der Waals surface area (Å²) in [4.78, 5) is 12.1. The van der Waals surface area contributed by atoms with E-state index in [0.29, 0.717) is 12.3 Å². The Labute approximate surface area is 114 Å². The Bertz CT molecular complexity index is 598. The van der Waals surface area contributed by atoms with Crippen molar-refractivity contribution in [2.24, 2.45) is 11.8 Å². The van der Waals surface area contributed by atoms with Gasteiger partial charge in [0.25, 0.3) is 0 Å². The standard InChI is InChI=1S/C15H18O3S/c1-11(2)12-8-9-14(16)15(10-12)19(17,18)13-6-4-3-5-7-13/h3-7,10-12H,8-9H2,1-2H3. The molecule has 1 aliphatic rings. The average Bonchev–Trinajstić information content (AvgIpc) is 2.39. The number of sulfone groups is 1. The van der Waals surface area contributed by atoms with Gasteiger partial charge in [0.2, 0.25) is 9.84 Å². The number of benzene rings is 1. The molecule has 0 aliphatic heterocycles. The topological polar surface area (TPSA) is 51.2 Å². The predicted molar refractivity (Wildman–Crippen MR) is 74.3 cm³/mol. The summed E-state index contributed by atoms with van der Waals surface area (Å²) in [6.07, 6.45) is 2.71. The molecule has 1 aliphatic carbocycles. The number of carbonyl (C=O) groups is 1. The summed E-state index contributed by atoms with van der Waals surface area (Å²) in [5.74, 6) is 0.237. The molecule has 0 fully saturated rings. The summed E-state index contributed by atoms with van der Waals surface area (Å²) >= 11 is 0. The van der Waals surface area contributed by atoms with E-state index >= 15 is 0 Å². The molecule has 0 radical (unpaired) electrons. The summed E-state index contributed by atoms with van der Waals surface area (Å²) < 4.78 is 25.0. The van der Waals surface area contributed by atoms with E-state index in [9.17, 15) is 13.2 Å². The van der Waals surface area contributed by atoms with Crippen molar-refractivity contribution in [2.45, 2.75) is 31.6 Å². The van der Waals surface area contributed by atoms with Crippen LogP contribution in [0.2, 0.25) is 0 Å². The molecule has 19 heavy (non-hydrogen) atoms.